The van der Waals surface area contributed by atoms with Gasteiger partial charge in [0.2, 0.25) is 0 Å². The molecule has 0 aromatic heterocycles. The molecule has 0 heterocycles. The maximum atomic E-state index is 12.7. The van der Waals surface area contributed by atoms with Crippen LogP contribution in [0.15, 0.2) is 61.2 Å². The van der Waals surface area contributed by atoms with Gasteiger partial charge in [-0.2, -0.15) is 5.26 Å². The predicted octanol–water partition coefficient (Wildman–Crippen LogP) is 4.89. The van der Waals surface area contributed by atoms with Crippen LogP contribution in [0.5, 0.6) is 5.75 Å². The van der Waals surface area contributed by atoms with Crippen molar-refractivity contribution >= 4 is 11.6 Å². The quantitative estimate of drug-likeness (QED) is 0.373. The predicted molar refractivity (Wildman–Crippen MR) is 122 cm³/mol. The van der Waals surface area contributed by atoms with Crippen LogP contribution in [0, 0.1) is 11.3 Å². The van der Waals surface area contributed by atoms with Gasteiger partial charge in [-0.05, 0) is 68.9 Å². The van der Waals surface area contributed by atoms with E-state index >= 15 is 0 Å². The molecule has 0 aliphatic rings. The normalized spacial score (nSPS) is 10.5. The minimum atomic E-state index is -0.153. The van der Waals surface area contributed by atoms with Crippen LogP contribution in [0.1, 0.15) is 41.6 Å². The van der Waals surface area contributed by atoms with E-state index in [1.165, 1.54) is 12.8 Å². The highest BCUT2D eigenvalue weighted by Gasteiger charge is 2.14. The number of ether oxygens (including phenoxy) is 1. The van der Waals surface area contributed by atoms with Gasteiger partial charge in [0.15, 0.2) is 0 Å². The molecule has 30 heavy (non-hydrogen) atoms. The van der Waals surface area contributed by atoms with Crippen molar-refractivity contribution in [2.75, 3.05) is 38.7 Å². The average molecular weight is 406 g/mol. The van der Waals surface area contributed by atoms with Gasteiger partial charge in [-0.1, -0.05) is 25.0 Å². The number of carbonyl (C=O) groups is 1. The second kappa shape index (κ2) is 12.5. The summed E-state index contributed by atoms with van der Waals surface area (Å²) in [6.07, 6.45) is 6.50. The summed E-state index contributed by atoms with van der Waals surface area (Å²) in [5.41, 5.74) is 1.74. The fourth-order valence-electron chi connectivity index (χ4n) is 3.14. The number of hydrogen-bond donors (Lipinski definition) is 0. The highest BCUT2D eigenvalue weighted by Crippen LogP contribution is 2.21. The Balaban J connectivity index is 1.74. The van der Waals surface area contributed by atoms with E-state index in [-0.39, 0.29) is 5.91 Å². The smallest absolute Gasteiger partial charge is 0.258 e. The molecule has 0 N–H and O–H groups in total. The van der Waals surface area contributed by atoms with Crippen molar-refractivity contribution in [3.05, 3.63) is 72.3 Å². The van der Waals surface area contributed by atoms with Crippen LogP contribution in [0.4, 0.5) is 5.69 Å². The molecule has 0 unspecified atom stereocenters. The van der Waals surface area contributed by atoms with Gasteiger partial charge in [0.1, 0.15) is 5.75 Å². The molecular formula is C25H31N3O2. The SMILES string of the molecule is C=CCN(C)CCCCCCOc1ccc(N(C)C(=O)c2cccc(C#N)c2)cc1. The maximum absolute atomic E-state index is 12.7. The Morgan fingerprint density at radius 2 is 1.83 bits per heavy atom. The first-order valence-corrected chi connectivity index (χ1v) is 10.4. The fourth-order valence-corrected chi connectivity index (χ4v) is 3.14. The number of benzene rings is 2. The van der Waals surface area contributed by atoms with E-state index in [1.807, 2.05) is 30.3 Å². The third kappa shape index (κ3) is 7.38. The minimum Gasteiger partial charge on any atom is -0.494 e. The summed E-state index contributed by atoms with van der Waals surface area (Å²) in [4.78, 5) is 16.5. The molecule has 0 saturated heterocycles. The lowest BCUT2D eigenvalue weighted by Crippen LogP contribution is -2.26. The van der Waals surface area contributed by atoms with Crippen LogP contribution in [0.25, 0.3) is 0 Å². The number of unbranched alkanes of at least 4 members (excludes halogenated alkanes) is 3. The molecule has 0 radical (unpaired) electrons. The van der Waals surface area contributed by atoms with Crippen LogP contribution in [-0.2, 0) is 0 Å². The highest BCUT2D eigenvalue weighted by molar-refractivity contribution is 6.05. The Hall–Kier alpha value is -3.10. The first-order chi connectivity index (χ1) is 14.5. The standard InChI is InChI=1S/C25H31N3O2/c1-4-16-27(2)17-7-5-6-8-18-30-24-14-12-23(13-15-24)28(3)25(29)22-11-9-10-21(19-22)20-26/h4,9-15,19H,1,5-8,16-18H2,2-3H3. The van der Waals surface area contributed by atoms with E-state index in [1.54, 1.807) is 36.2 Å². The molecule has 158 valence electrons. The van der Waals surface area contributed by atoms with Crippen molar-refractivity contribution in [1.82, 2.24) is 4.90 Å². The zero-order valence-corrected chi connectivity index (χ0v) is 18.0. The van der Waals surface area contributed by atoms with Crippen molar-refractivity contribution in [2.45, 2.75) is 25.7 Å². The van der Waals surface area contributed by atoms with Gasteiger partial charge in [0.25, 0.3) is 5.91 Å². The molecule has 0 spiro atoms. The van der Waals surface area contributed by atoms with Crippen LogP contribution >= 0.6 is 0 Å². The summed E-state index contributed by atoms with van der Waals surface area (Å²) in [6.45, 7) is 6.48. The number of nitrogens with zero attached hydrogens (tertiary/aromatic N) is 3. The Kier molecular flexibility index (Phi) is 9.63. The Labute approximate surface area is 180 Å². The van der Waals surface area contributed by atoms with E-state index in [2.05, 4.69) is 24.6 Å². The molecule has 5 nitrogen and oxygen atoms in total. The first kappa shape index (κ1) is 23.2. The summed E-state index contributed by atoms with van der Waals surface area (Å²) >= 11 is 0. The van der Waals surface area contributed by atoms with Crippen LogP contribution < -0.4 is 9.64 Å². The van der Waals surface area contributed by atoms with Gasteiger partial charge in [-0.25, -0.2) is 0 Å². The number of anilines is 1. The lowest BCUT2D eigenvalue weighted by molar-refractivity contribution is 0.0993. The fraction of sp³-hybridized carbons (Fsp3) is 0.360. The van der Waals surface area contributed by atoms with Crippen molar-refractivity contribution in [3.8, 4) is 11.8 Å². The number of carbonyl (C=O) groups excluding carboxylic acids is 1. The van der Waals surface area contributed by atoms with Crippen molar-refractivity contribution in [3.63, 3.8) is 0 Å². The summed E-state index contributed by atoms with van der Waals surface area (Å²) in [6, 6.07) is 16.3. The zero-order chi connectivity index (χ0) is 21.8. The third-order valence-electron chi connectivity index (χ3n) is 4.91. The third-order valence-corrected chi connectivity index (χ3v) is 4.91. The van der Waals surface area contributed by atoms with Crippen molar-refractivity contribution < 1.29 is 9.53 Å². The molecule has 2 rings (SSSR count). The Morgan fingerprint density at radius 1 is 1.10 bits per heavy atom. The number of hydrogen-bond acceptors (Lipinski definition) is 4. The number of nitriles is 1. The lowest BCUT2D eigenvalue weighted by Gasteiger charge is -2.18. The average Bonchev–Trinajstić information content (AvgIpc) is 2.78. The molecule has 0 aliphatic carbocycles. The number of likely N-dealkylation sites (N-methyl/N-ethyl adjacent to an activating group) is 1. The largest absolute Gasteiger partial charge is 0.494 e. The van der Waals surface area contributed by atoms with Gasteiger partial charge in [-0.15, -0.1) is 6.58 Å². The highest BCUT2D eigenvalue weighted by atomic mass is 16.5. The molecular weight excluding hydrogens is 374 g/mol. The Bertz CT molecular complexity index is 855. The van der Waals surface area contributed by atoms with Gasteiger partial charge in [-0.3, -0.25) is 4.79 Å². The summed E-state index contributed by atoms with van der Waals surface area (Å²) in [5, 5.41) is 9.01. The first-order valence-electron chi connectivity index (χ1n) is 10.4. The second-order valence-corrected chi connectivity index (χ2v) is 7.36. The number of rotatable bonds is 12. The zero-order valence-electron chi connectivity index (χ0n) is 18.0. The van der Waals surface area contributed by atoms with Crippen molar-refractivity contribution in [2.24, 2.45) is 0 Å². The second-order valence-electron chi connectivity index (χ2n) is 7.36. The number of amides is 1. The molecule has 2 aromatic carbocycles. The van der Waals surface area contributed by atoms with E-state index in [4.69, 9.17) is 10.00 Å². The minimum absolute atomic E-state index is 0.153. The van der Waals surface area contributed by atoms with E-state index in [0.29, 0.717) is 17.7 Å². The molecule has 0 saturated carbocycles. The van der Waals surface area contributed by atoms with E-state index < -0.39 is 0 Å². The van der Waals surface area contributed by atoms with Crippen LogP contribution in [0.2, 0.25) is 0 Å². The van der Waals surface area contributed by atoms with Gasteiger partial charge >= 0.3 is 0 Å². The topological polar surface area (TPSA) is 56.6 Å². The molecule has 0 atom stereocenters. The molecule has 0 aliphatic heterocycles. The van der Waals surface area contributed by atoms with E-state index in [0.717, 1.165) is 37.4 Å². The van der Waals surface area contributed by atoms with E-state index in [9.17, 15) is 4.79 Å². The molecule has 1 amide bonds. The van der Waals surface area contributed by atoms with Gasteiger partial charge in [0.05, 0.1) is 18.2 Å². The molecule has 5 heteroatoms. The lowest BCUT2D eigenvalue weighted by atomic mass is 10.1. The van der Waals surface area contributed by atoms with Gasteiger partial charge < -0.3 is 14.5 Å². The molecule has 2 aromatic rings. The van der Waals surface area contributed by atoms with Crippen molar-refractivity contribution in [1.29, 1.82) is 5.26 Å². The van der Waals surface area contributed by atoms with Crippen LogP contribution in [0.3, 0.4) is 0 Å². The van der Waals surface area contributed by atoms with Crippen LogP contribution in [-0.4, -0.2) is 44.6 Å². The van der Waals surface area contributed by atoms with Gasteiger partial charge in [0, 0.05) is 24.8 Å². The molecule has 0 bridgehead atoms. The summed E-state index contributed by atoms with van der Waals surface area (Å²) in [7, 11) is 3.84. The monoisotopic (exact) mass is 405 g/mol. The summed E-state index contributed by atoms with van der Waals surface area (Å²) in [5.74, 6) is 0.649. The summed E-state index contributed by atoms with van der Waals surface area (Å²) < 4.78 is 5.82. The molecule has 0 fully saturated rings. The Morgan fingerprint density at radius 3 is 2.53 bits per heavy atom. The maximum Gasteiger partial charge on any atom is 0.258 e.